The summed E-state index contributed by atoms with van der Waals surface area (Å²) < 4.78 is 28.6. The fraction of sp³-hybridized carbons (Fsp3) is 0.286. The van der Waals surface area contributed by atoms with Crippen molar-refractivity contribution in [2.75, 3.05) is 6.26 Å². The number of aromatic nitrogens is 2. The maximum atomic E-state index is 11.5. The average Bonchev–Trinajstić information content (AvgIpc) is 2.37. The van der Waals surface area contributed by atoms with Gasteiger partial charge in [-0.2, -0.15) is 4.98 Å². The number of aryl methyl sites for hydroxylation is 1. The van der Waals surface area contributed by atoms with Crippen LogP contribution in [0.1, 0.15) is 19.2 Å². The maximum Gasteiger partial charge on any atom is 0.224 e. The number of nitrogens with zero attached hydrogens (tertiary/aromatic N) is 2. The summed E-state index contributed by atoms with van der Waals surface area (Å²) in [6, 6.07) is 7.72. The molecule has 2 aromatic rings. The predicted octanol–water partition coefficient (Wildman–Crippen LogP) is 3.28. The predicted molar refractivity (Wildman–Crippen MR) is 80.7 cm³/mol. The number of hydrogen-bond acceptors (Lipinski definition) is 5. The molecule has 0 unspecified atom stereocenters. The molecule has 1 heterocycles. The van der Waals surface area contributed by atoms with Gasteiger partial charge >= 0.3 is 0 Å². The lowest BCUT2D eigenvalue weighted by molar-refractivity contribution is 0.456. The van der Waals surface area contributed by atoms with E-state index in [-0.39, 0.29) is 4.90 Å². The first-order valence-electron chi connectivity index (χ1n) is 6.40. The van der Waals surface area contributed by atoms with Crippen molar-refractivity contribution in [3.8, 4) is 11.6 Å². The van der Waals surface area contributed by atoms with Crippen molar-refractivity contribution >= 4 is 21.4 Å². The Morgan fingerprint density at radius 3 is 2.67 bits per heavy atom. The second kappa shape index (κ2) is 6.41. The molecule has 0 aliphatic rings. The smallest absolute Gasteiger partial charge is 0.224 e. The van der Waals surface area contributed by atoms with Crippen molar-refractivity contribution in [2.45, 2.75) is 24.7 Å². The summed E-state index contributed by atoms with van der Waals surface area (Å²) in [5.41, 5.74) is 0. The van der Waals surface area contributed by atoms with Crippen LogP contribution in [0.25, 0.3) is 0 Å². The van der Waals surface area contributed by atoms with Gasteiger partial charge in [-0.15, -0.1) is 0 Å². The number of rotatable bonds is 5. The van der Waals surface area contributed by atoms with Gasteiger partial charge in [0, 0.05) is 18.7 Å². The first-order chi connectivity index (χ1) is 9.88. The minimum absolute atomic E-state index is 0.189. The third kappa shape index (κ3) is 4.41. The topological polar surface area (TPSA) is 69.2 Å². The standard InChI is InChI=1S/C14H15ClN2O3S/c1-3-5-13-16-12(15)9-14(17-13)20-10-6-4-7-11(8-10)21(2,18)19/h4,6-9H,3,5H2,1-2H3. The number of ether oxygens (including phenoxy) is 1. The minimum Gasteiger partial charge on any atom is -0.439 e. The third-order valence-electron chi connectivity index (χ3n) is 2.65. The SMILES string of the molecule is CCCc1nc(Cl)cc(Oc2cccc(S(C)(=O)=O)c2)n1. The van der Waals surface area contributed by atoms with Crippen molar-refractivity contribution in [2.24, 2.45) is 0 Å². The monoisotopic (exact) mass is 326 g/mol. The first kappa shape index (κ1) is 15.7. The highest BCUT2D eigenvalue weighted by molar-refractivity contribution is 7.90. The molecule has 2 rings (SSSR count). The Labute approximate surface area is 128 Å². The molecule has 0 atom stereocenters. The van der Waals surface area contributed by atoms with Gasteiger partial charge in [0.2, 0.25) is 5.88 Å². The molecular weight excluding hydrogens is 312 g/mol. The minimum atomic E-state index is -3.28. The van der Waals surface area contributed by atoms with Crippen LogP contribution in [0.2, 0.25) is 5.15 Å². The molecule has 21 heavy (non-hydrogen) atoms. The summed E-state index contributed by atoms with van der Waals surface area (Å²) in [6.45, 7) is 2.01. The molecule has 0 fully saturated rings. The zero-order valence-corrected chi connectivity index (χ0v) is 13.3. The van der Waals surface area contributed by atoms with Gasteiger partial charge in [-0.1, -0.05) is 24.6 Å². The van der Waals surface area contributed by atoms with Crippen molar-refractivity contribution in [3.63, 3.8) is 0 Å². The van der Waals surface area contributed by atoms with Crippen molar-refractivity contribution in [3.05, 3.63) is 41.3 Å². The van der Waals surface area contributed by atoms with E-state index in [1.165, 1.54) is 18.2 Å². The zero-order valence-electron chi connectivity index (χ0n) is 11.7. The normalized spacial score (nSPS) is 11.4. The highest BCUT2D eigenvalue weighted by atomic mass is 35.5. The summed E-state index contributed by atoms with van der Waals surface area (Å²) >= 11 is 5.93. The van der Waals surface area contributed by atoms with Crippen LogP contribution >= 0.6 is 11.6 Å². The molecule has 0 bridgehead atoms. The van der Waals surface area contributed by atoms with Crippen molar-refractivity contribution in [1.82, 2.24) is 9.97 Å². The molecule has 0 N–H and O–H groups in total. The molecule has 1 aromatic heterocycles. The lowest BCUT2D eigenvalue weighted by Gasteiger charge is -2.08. The van der Waals surface area contributed by atoms with Crippen molar-refractivity contribution < 1.29 is 13.2 Å². The number of sulfone groups is 1. The van der Waals surface area contributed by atoms with Gasteiger partial charge in [-0.05, 0) is 24.6 Å². The Kier molecular flexibility index (Phi) is 4.80. The molecule has 0 amide bonds. The molecule has 0 aliphatic heterocycles. The number of halogens is 1. The molecule has 0 saturated carbocycles. The molecular formula is C14H15ClN2O3S. The van der Waals surface area contributed by atoms with E-state index in [2.05, 4.69) is 9.97 Å². The van der Waals surface area contributed by atoms with Gasteiger partial charge in [-0.3, -0.25) is 0 Å². The van der Waals surface area contributed by atoms with Gasteiger partial charge in [0.1, 0.15) is 16.7 Å². The van der Waals surface area contributed by atoms with E-state index in [0.717, 1.165) is 12.7 Å². The summed E-state index contributed by atoms with van der Waals surface area (Å²) in [5, 5.41) is 0.294. The summed E-state index contributed by atoms with van der Waals surface area (Å²) in [7, 11) is -3.28. The van der Waals surface area contributed by atoms with Crippen LogP contribution < -0.4 is 4.74 Å². The van der Waals surface area contributed by atoms with Gasteiger partial charge in [0.05, 0.1) is 4.90 Å². The molecule has 112 valence electrons. The van der Waals surface area contributed by atoms with Crippen molar-refractivity contribution in [1.29, 1.82) is 0 Å². The third-order valence-corrected chi connectivity index (χ3v) is 3.95. The van der Waals surface area contributed by atoms with Crippen LogP contribution in [-0.4, -0.2) is 24.6 Å². The Hall–Kier alpha value is -1.66. The molecule has 1 aromatic carbocycles. The largest absolute Gasteiger partial charge is 0.439 e. The molecule has 0 radical (unpaired) electrons. The van der Waals surface area contributed by atoms with Crippen LogP contribution in [-0.2, 0) is 16.3 Å². The highest BCUT2D eigenvalue weighted by Gasteiger charge is 2.10. The van der Waals surface area contributed by atoms with Crippen LogP contribution in [0.3, 0.4) is 0 Å². The maximum absolute atomic E-state index is 11.5. The van der Waals surface area contributed by atoms with E-state index in [4.69, 9.17) is 16.3 Å². The summed E-state index contributed by atoms with van der Waals surface area (Å²) in [4.78, 5) is 8.53. The average molecular weight is 327 g/mol. The second-order valence-electron chi connectivity index (χ2n) is 4.54. The molecule has 7 heteroatoms. The number of benzene rings is 1. The lowest BCUT2D eigenvalue weighted by atomic mass is 10.3. The molecule has 0 spiro atoms. The molecule has 0 aliphatic carbocycles. The molecule has 0 saturated heterocycles. The van der Waals surface area contributed by atoms with Crippen LogP contribution in [0, 0.1) is 0 Å². The highest BCUT2D eigenvalue weighted by Crippen LogP contribution is 2.24. The van der Waals surface area contributed by atoms with Crippen LogP contribution in [0.4, 0.5) is 0 Å². The van der Waals surface area contributed by atoms with E-state index < -0.39 is 9.84 Å². The van der Waals surface area contributed by atoms with E-state index >= 15 is 0 Å². The van der Waals surface area contributed by atoms with E-state index in [1.807, 2.05) is 6.92 Å². The summed E-state index contributed by atoms with van der Waals surface area (Å²) in [5.74, 6) is 1.28. The lowest BCUT2D eigenvalue weighted by Crippen LogP contribution is -1.99. The van der Waals surface area contributed by atoms with Crippen LogP contribution in [0.15, 0.2) is 35.2 Å². The Morgan fingerprint density at radius 2 is 2.00 bits per heavy atom. The Balaban J connectivity index is 2.30. The number of hydrogen-bond donors (Lipinski definition) is 0. The second-order valence-corrected chi connectivity index (χ2v) is 6.95. The quantitative estimate of drug-likeness (QED) is 0.789. The summed E-state index contributed by atoms with van der Waals surface area (Å²) in [6.07, 6.45) is 2.73. The van der Waals surface area contributed by atoms with Gasteiger partial charge in [0.25, 0.3) is 0 Å². The van der Waals surface area contributed by atoms with E-state index in [1.54, 1.807) is 12.1 Å². The fourth-order valence-corrected chi connectivity index (χ4v) is 2.57. The Morgan fingerprint density at radius 1 is 1.24 bits per heavy atom. The van der Waals surface area contributed by atoms with E-state index in [9.17, 15) is 8.42 Å². The van der Waals surface area contributed by atoms with E-state index in [0.29, 0.717) is 29.0 Å². The van der Waals surface area contributed by atoms with Gasteiger partial charge in [0.15, 0.2) is 9.84 Å². The fourth-order valence-electron chi connectivity index (χ4n) is 1.72. The first-order valence-corrected chi connectivity index (χ1v) is 8.67. The van der Waals surface area contributed by atoms with Gasteiger partial charge < -0.3 is 4.74 Å². The zero-order chi connectivity index (χ0) is 15.5. The Bertz CT molecular complexity index is 748. The van der Waals surface area contributed by atoms with Crippen LogP contribution in [0.5, 0.6) is 11.6 Å². The molecule has 5 nitrogen and oxygen atoms in total. The van der Waals surface area contributed by atoms with Gasteiger partial charge in [-0.25, -0.2) is 13.4 Å².